The molecule has 0 fully saturated rings. The average Bonchev–Trinajstić information content (AvgIpc) is 2.46. The number of aromatic nitrogens is 1. The van der Waals surface area contributed by atoms with Gasteiger partial charge in [-0.3, -0.25) is 4.79 Å². The van der Waals surface area contributed by atoms with Crippen molar-refractivity contribution in [2.75, 3.05) is 25.3 Å². The maximum atomic E-state index is 12.3. The second-order valence-electron chi connectivity index (χ2n) is 4.12. The SMILES string of the molecule is COc1cc(N)c(C(=O)Nc2ccnc(Cl)c2)cc1OC. The first-order valence-corrected chi connectivity index (χ1v) is 6.37. The van der Waals surface area contributed by atoms with Crippen LogP contribution in [0.25, 0.3) is 0 Å². The molecule has 0 spiro atoms. The number of nitrogen functional groups attached to an aromatic ring is 1. The summed E-state index contributed by atoms with van der Waals surface area (Å²) in [5, 5.41) is 2.97. The van der Waals surface area contributed by atoms with Gasteiger partial charge >= 0.3 is 0 Å². The number of pyridine rings is 1. The highest BCUT2D eigenvalue weighted by atomic mass is 35.5. The second kappa shape index (κ2) is 6.32. The molecule has 110 valence electrons. The van der Waals surface area contributed by atoms with Crippen LogP contribution in [-0.4, -0.2) is 25.1 Å². The Bertz CT molecular complexity index is 677. The van der Waals surface area contributed by atoms with E-state index in [9.17, 15) is 4.79 Å². The summed E-state index contributed by atoms with van der Waals surface area (Å²) < 4.78 is 10.3. The molecule has 0 aliphatic carbocycles. The number of hydrogen-bond acceptors (Lipinski definition) is 5. The lowest BCUT2D eigenvalue weighted by Gasteiger charge is -2.12. The van der Waals surface area contributed by atoms with Crippen molar-refractivity contribution in [2.45, 2.75) is 0 Å². The van der Waals surface area contributed by atoms with E-state index in [0.717, 1.165) is 0 Å². The molecule has 3 N–H and O–H groups in total. The van der Waals surface area contributed by atoms with Gasteiger partial charge in [-0.1, -0.05) is 11.6 Å². The summed E-state index contributed by atoms with van der Waals surface area (Å²) in [4.78, 5) is 16.1. The number of nitrogens with zero attached hydrogens (tertiary/aromatic N) is 1. The molecule has 0 saturated heterocycles. The number of amides is 1. The molecule has 0 saturated carbocycles. The largest absolute Gasteiger partial charge is 0.493 e. The maximum absolute atomic E-state index is 12.3. The predicted octanol–water partition coefficient (Wildman–Crippen LogP) is 2.59. The minimum atomic E-state index is -0.379. The number of methoxy groups -OCH3 is 2. The highest BCUT2D eigenvalue weighted by Gasteiger charge is 2.15. The highest BCUT2D eigenvalue weighted by molar-refractivity contribution is 6.29. The summed E-state index contributed by atoms with van der Waals surface area (Å²) in [5.41, 5.74) is 6.95. The first-order chi connectivity index (χ1) is 10.0. The highest BCUT2D eigenvalue weighted by Crippen LogP contribution is 2.32. The fraction of sp³-hybridized carbons (Fsp3) is 0.143. The van der Waals surface area contributed by atoms with Crippen LogP contribution in [0.5, 0.6) is 11.5 Å². The molecule has 1 aromatic carbocycles. The Morgan fingerprint density at radius 2 is 1.90 bits per heavy atom. The van der Waals surface area contributed by atoms with E-state index >= 15 is 0 Å². The summed E-state index contributed by atoms with van der Waals surface area (Å²) in [7, 11) is 2.98. The molecular weight excluding hydrogens is 294 g/mol. The molecule has 6 nitrogen and oxygen atoms in total. The number of benzene rings is 1. The third-order valence-corrected chi connectivity index (χ3v) is 2.99. The molecular formula is C14H14ClN3O3. The number of hydrogen-bond donors (Lipinski definition) is 2. The minimum absolute atomic E-state index is 0.278. The third kappa shape index (κ3) is 3.35. The molecule has 1 amide bonds. The van der Waals surface area contributed by atoms with Crippen molar-refractivity contribution in [1.29, 1.82) is 0 Å². The fourth-order valence-corrected chi connectivity index (χ4v) is 1.94. The van der Waals surface area contributed by atoms with Crippen molar-refractivity contribution in [3.05, 3.63) is 41.2 Å². The zero-order valence-electron chi connectivity index (χ0n) is 11.5. The van der Waals surface area contributed by atoms with Crippen LogP contribution >= 0.6 is 11.6 Å². The van der Waals surface area contributed by atoms with Gasteiger partial charge in [-0.15, -0.1) is 0 Å². The van der Waals surface area contributed by atoms with Gasteiger partial charge in [0, 0.05) is 23.6 Å². The number of nitrogens with two attached hydrogens (primary N) is 1. The van der Waals surface area contributed by atoms with Crippen molar-refractivity contribution in [1.82, 2.24) is 4.98 Å². The Kier molecular flexibility index (Phi) is 4.49. The molecule has 7 heteroatoms. The zero-order valence-corrected chi connectivity index (χ0v) is 12.3. The normalized spacial score (nSPS) is 10.0. The molecule has 21 heavy (non-hydrogen) atoms. The maximum Gasteiger partial charge on any atom is 0.257 e. The molecule has 2 aromatic rings. The van der Waals surface area contributed by atoms with Gasteiger partial charge in [0.15, 0.2) is 11.5 Å². The van der Waals surface area contributed by atoms with Crippen LogP contribution in [0.3, 0.4) is 0 Å². The van der Waals surface area contributed by atoms with Gasteiger partial charge in [-0.25, -0.2) is 4.98 Å². The van der Waals surface area contributed by atoms with Gasteiger partial charge in [-0.2, -0.15) is 0 Å². The molecule has 1 aromatic heterocycles. The summed E-state index contributed by atoms with van der Waals surface area (Å²) in [5.74, 6) is 0.499. The molecule has 0 aliphatic rings. The van der Waals surface area contributed by atoms with Gasteiger partial charge < -0.3 is 20.5 Å². The summed E-state index contributed by atoms with van der Waals surface area (Å²) in [6.45, 7) is 0. The average molecular weight is 308 g/mol. The number of carbonyl (C=O) groups is 1. The quantitative estimate of drug-likeness (QED) is 0.669. The van der Waals surface area contributed by atoms with Gasteiger partial charge in [-0.05, 0) is 18.2 Å². The van der Waals surface area contributed by atoms with Crippen molar-refractivity contribution in [2.24, 2.45) is 0 Å². The monoisotopic (exact) mass is 307 g/mol. The molecule has 0 aliphatic heterocycles. The Balaban J connectivity index is 2.31. The number of rotatable bonds is 4. The molecule has 2 rings (SSSR count). The first-order valence-electron chi connectivity index (χ1n) is 5.99. The minimum Gasteiger partial charge on any atom is -0.493 e. The standard InChI is InChI=1S/C14H14ClN3O3/c1-20-11-6-9(10(16)7-12(11)21-2)14(19)18-8-3-4-17-13(15)5-8/h3-7H,16H2,1-2H3,(H,17,18,19). The van der Waals surface area contributed by atoms with Crippen LogP contribution in [0, 0.1) is 0 Å². The van der Waals surface area contributed by atoms with Gasteiger partial charge in [0.1, 0.15) is 5.15 Å². The third-order valence-electron chi connectivity index (χ3n) is 2.78. The lowest BCUT2D eigenvalue weighted by atomic mass is 10.1. The number of ether oxygens (including phenoxy) is 2. The summed E-state index contributed by atoms with van der Waals surface area (Å²) in [6, 6.07) is 6.22. The smallest absolute Gasteiger partial charge is 0.257 e. The molecule has 0 atom stereocenters. The van der Waals surface area contributed by atoms with E-state index in [2.05, 4.69) is 10.3 Å². The van der Waals surface area contributed by atoms with E-state index in [-0.39, 0.29) is 22.3 Å². The van der Waals surface area contributed by atoms with Crippen molar-refractivity contribution >= 4 is 28.9 Å². The Morgan fingerprint density at radius 1 is 1.24 bits per heavy atom. The second-order valence-corrected chi connectivity index (χ2v) is 4.50. The number of carbonyl (C=O) groups excluding carboxylic acids is 1. The van der Waals surface area contributed by atoms with Crippen LogP contribution < -0.4 is 20.5 Å². The lowest BCUT2D eigenvalue weighted by Crippen LogP contribution is -2.14. The predicted molar refractivity (Wildman–Crippen MR) is 81.2 cm³/mol. The van der Waals surface area contributed by atoms with Gasteiger partial charge in [0.05, 0.1) is 19.8 Å². The number of nitrogens with one attached hydrogen (secondary N) is 1. The van der Waals surface area contributed by atoms with Gasteiger partial charge in [0.2, 0.25) is 0 Å². The molecule has 0 unspecified atom stereocenters. The first kappa shape index (κ1) is 14.9. The Hall–Kier alpha value is -2.47. The van der Waals surface area contributed by atoms with Crippen molar-refractivity contribution < 1.29 is 14.3 Å². The van der Waals surface area contributed by atoms with E-state index in [1.165, 1.54) is 38.6 Å². The van der Waals surface area contributed by atoms with Crippen LogP contribution in [0.4, 0.5) is 11.4 Å². The van der Waals surface area contributed by atoms with E-state index in [0.29, 0.717) is 17.2 Å². The van der Waals surface area contributed by atoms with E-state index in [1.54, 1.807) is 6.07 Å². The van der Waals surface area contributed by atoms with E-state index < -0.39 is 0 Å². The molecule has 1 heterocycles. The van der Waals surface area contributed by atoms with Crippen LogP contribution in [0.2, 0.25) is 5.15 Å². The zero-order chi connectivity index (χ0) is 15.4. The van der Waals surface area contributed by atoms with Crippen molar-refractivity contribution in [3.63, 3.8) is 0 Å². The summed E-state index contributed by atoms with van der Waals surface area (Å²) in [6.07, 6.45) is 1.50. The molecule has 0 bridgehead atoms. The fourth-order valence-electron chi connectivity index (χ4n) is 1.77. The topological polar surface area (TPSA) is 86.5 Å². The van der Waals surface area contributed by atoms with Crippen LogP contribution in [0.1, 0.15) is 10.4 Å². The molecule has 0 radical (unpaired) electrons. The van der Waals surface area contributed by atoms with Gasteiger partial charge in [0.25, 0.3) is 5.91 Å². The Morgan fingerprint density at radius 3 is 2.52 bits per heavy atom. The van der Waals surface area contributed by atoms with Crippen LogP contribution in [0.15, 0.2) is 30.5 Å². The van der Waals surface area contributed by atoms with E-state index in [1.807, 2.05) is 0 Å². The van der Waals surface area contributed by atoms with Crippen LogP contribution in [-0.2, 0) is 0 Å². The Labute approximate surface area is 126 Å². The summed E-state index contributed by atoms with van der Waals surface area (Å²) >= 11 is 5.77. The number of halogens is 1. The lowest BCUT2D eigenvalue weighted by molar-refractivity contribution is 0.102. The van der Waals surface area contributed by atoms with E-state index in [4.69, 9.17) is 26.8 Å². The number of anilines is 2. The van der Waals surface area contributed by atoms with Crippen molar-refractivity contribution in [3.8, 4) is 11.5 Å².